The number of benzene rings is 1. The number of nitrogens with one attached hydrogen (secondary N) is 1. The van der Waals surface area contributed by atoms with Gasteiger partial charge >= 0.3 is 0 Å². The predicted octanol–water partition coefficient (Wildman–Crippen LogP) is 1.62. The zero-order chi connectivity index (χ0) is 17.7. The molecule has 0 bridgehead atoms. The number of piperidine rings is 1. The van der Waals surface area contributed by atoms with Crippen LogP contribution in [0.1, 0.15) is 36.5 Å². The van der Waals surface area contributed by atoms with Crippen LogP contribution >= 0.6 is 0 Å². The number of hydrogen-bond donors (Lipinski definition) is 1. The molecular weight excluding hydrogens is 328 g/mol. The Hall–Kier alpha value is -2.04. The van der Waals surface area contributed by atoms with Gasteiger partial charge in [0.1, 0.15) is 10.6 Å². The third-order valence-corrected chi connectivity index (χ3v) is 6.14. The van der Waals surface area contributed by atoms with E-state index in [-0.39, 0.29) is 28.8 Å². The molecule has 0 radical (unpaired) electrons. The van der Waals surface area contributed by atoms with Crippen molar-refractivity contribution in [2.75, 3.05) is 20.2 Å². The number of sulfonamides is 1. The number of amides is 1. The van der Waals surface area contributed by atoms with Gasteiger partial charge in [-0.15, -0.1) is 6.42 Å². The molecule has 0 aromatic heterocycles. The van der Waals surface area contributed by atoms with Gasteiger partial charge in [-0.3, -0.25) is 4.79 Å². The maximum atomic E-state index is 13.0. The lowest BCUT2D eigenvalue weighted by Crippen LogP contribution is -2.42. The average Bonchev–Trinajstić information content (AvgIpc) is 2.59. The van der Waals surface area contributed by atoms with Gasteiger partial charge in [0.15, 0.2) is 0 Å². The molecule has 1 heterocycles. The molecule has 1 aromatic carbocycles. The molecule has 1 unspecified atom stereocenters. The van der Waals surface area contributed by atoms with E-state index < -0.39 is 15.9 Å². The first kappa shape index (κ1) is 18.3. The van der Waals surface area contributed by atoms with Crippen LogP contribution < -0.4 is 10.1 Å². The predicted molar refractivity (Wildman–Crippen MR) is 91.4 cm³/mol. The maximum absolute atomic E-state index is 13.0. The molecule has 1 N–H and O–H groups in total. The van der Waals surface area contributed by atoms with E-state index >= 15 is 0 Å². The Morgan fingerprint density at radius 2 is 2.21 bits per heavy atom. The van der Waals surface area contributed by atoms with Crippen LogP contribution in [0, 0.1) is 12.3 Å². The summed E-state index contributed by atoms with van der Waals surface area (Å²) in [6, 6.07) is 4.28. The molecule has 0 saturated carbocycles. The second kappa shape index (κ2) is 7.69. The summed E-state index contributed by atoms with van der Waals surface area (Å²) < 4.78 is 32.8. The van der Waals surface area contributed by atoms with Crippen molar-refractivity contribution in [1.82, 2.24) is 9.62 Å². The number of carbonyl (C=O) groups excluding carboxylic acids is 1. The number of carbonyl (C=O) groups is 1. The summed E-state index contributed by atoms with van der Waals surface area (Å²) >= 11 is 0. The fourth-order valence-electron chi connectivity index (χ4n) is 2.81. The summed E-state index contributed by atoms with van der Waals surface area (Å²) in [5, 5.41) is 2.53. The maximum Gasteiger partial charge on any atom is 0.252 e. The third-order valence-electron chi connectivity index (χ3n) is 4.11. The quantitative estimate of drug-likeness (QED) is 0.819. The van der Waals surface area contributed by atoms with Crippen molar-refractivity contribution in [2.24, 2.45) is 0 Å². The monoisotopic (exact) mass is 350 g/mol. The summed E-state index contributed by atoms with van der Waals surface area (Å²) in [6.07, 6.45) is 7.79. The highest BCUT2D eigenvalue weighted by Gasteiger charge is 2.33. The van der Waals surface area contributed by atoms with Crippen LogP contribution in [0.5, 0.6) is 5.75 Å². The fourth-order valence-corrected chi connectivity index (χ4v) is 4.69. The lowest BCUT2D eigenvalue weighted by Gasteiger charge is -2.32. The fraction of sp³-hybridized carbons (Fsp3) is 0.471. The van der Waals surface area contributed by atoms with E-state index in [1.165, 1.54) is 29.6 Å². The summed E-state index contributed by atoms with van der Waals surface area (Å²) in [7, 11) is -2.33. The van der Waals surface area contributed by atoms with Crippen LogP contribution in [-0.4, -0.2) is 44.9 Å². The molecule has 1 saturated heterocycles. The number of rotatable bonds is 5. The Kier molecular flexibility index (Phi) is 5.86. The molecule has 24 heavy (non-hydrogen) atoms. The zero-order valence-corrected chi connectivity index (χ0v) is 14.7. The van der Waals surface area contributed by atoms with Crippen molar-refractivity contribution < 1.29 is 17.9 Å². The molecule has 0 spiro atoms. The minimum absolute atomic E-state index is 0.00658. The highest BCUT2D eigenvalue weighted by Crippen LogP contribution is 2.31. The van der Waals surface area contributed by atoms with E-state index in [1.54, 1.807) is 0 Å². The van der Waals surface area contributed by atoms with Gasteiger partial charge in [0.25, 0.3) is 5.91 Å². The number of hydrogen-bond acceptors (Lipinski definition) is 4. The number of methoxy groups -OCH3 is 1. The number of terminal acetylenes is 1. The first-order chi connectivity index (χ1) is 11.4. The normalized spacial score (nSPS) is 18.6. The number of nitrogens with zero attached hydrogens (tertiary/aromatic N) is 1. The van der Waals surface area contributed by atoms with Gasteiger partial charge in [0.05, 0.1) is 13.7 Å². The topological polar surface area (TPSA) is 75.7 Å². The smallest absolute Gasteiger partial charge is 0.252 e. The van der Waals surface area contributed by atoms with Crippen LogP contribution in [0.3, 0.4) is 0 Å². The van der Waals surface area contributed by atoms with Gasteiger partial charge in [0, 0.05) is 18.2 Å². The highest BCUT2D eigenvalue weighted by atomic mass is 32.2. The first-order valence-corrected chi connectivity index (χ1v) is 9.27. The summed E-state index contributed by atoms with van der Waals surface area (Å²) in [4.78, 5) is 12.1. The SMILES string of the molecule is C#CCNC(=O)c1ccc(OC)c(S(=O)(=O)N2CCCCC2C)c1. The van der Waals surface area contributed by atoms with Gasteiger partial charge < -0.3 is 10.1 Å². The Morgan fingerprint density at radius 3 is 2.83 bits per heavy atom. The van der Waals surface area contributed by atoms with Crippen molar-refractivity contribution >= 4 is 15.9 Å². The minimum Gasteiger partial charge on any atom is -0.495 e. The van der Waals surface area contributed by atoms with E-state index in [0.717, 1.165) is 19.3 Å². The van der Waals surface area contributed by atoms with Crippen molar-refractivity contribution in [3.8, 4) is 18.1 Å². The second-order valence-corrected chi connectivity index (χ2v) is 7.57. The largest absolute Gasteiger partial charge is 0.495 e. The molecule has 130 valence electrons. The van der Waals surface area contributed by atoms with Crippen LogP contribution in [0.2, 0.25) is 0 Å². The van der Waals surface area contributed by atoms with Crippen molar-refractivity contribution in [1.29, 1.82) is 0 Å². The molecule has 1 amide bonds. The summed E-state index contributed by atoms with van der Waals surface area (Å²) in [5.74, 6) is 2.12. The van der Waals surface area contributed by atoms with Crippen LogP contribution in [0.25, 0.3) is 0 Å². The van der Waals surface area contributed by atoms with Gasteiger partial charge in [-0.05, 0) is 38.0 Å². The molecule has 1 atom stereocenters. The average molecular weight is 350 g/mol. The van der Waals surface area contributed by atoms with Crippen molar-refractivity contribution in [3.05, 3.63) is 23.8 Å². The molecule has 1 fully saturated rings. The van der Waals surface area contributed by atoms with E-state index in [0.29, 0.717) is 6.54 Å². The molecule has 1 aliphatic rings. The van der Waals surface area contributed by atoms with E-state index in [4.69, 9.17) is 11.2 Å². The molecule has 1 aromatic rings. The summed E-state index contributed by atoms with van der Waals surface area (Å²) in [5.41, 5.74) is 0.231. The Labute approximate surface area is 143 Å². The third kappa shape index (κ3) is 3.71. The minimum atomic E-state index is -3.74. The van der Waals surface area contributed by atoms with E-state index in [1.807, 2.05) is 6.92 Å². The van der Waals surface area contributed by atoms with Gasteiger partial charge in [0.2, 0.25) is 10.0 Å². The molecule has 1 aliphatic heterocycles. The second-order valence-electron chi connectivity index (χ2n) is 5.71. The molecule has 7 heteroatoms. The number of ether oxygens (including phenoxy) is 1. The molecular formula is C17H22N2O4S. The van der Waals surface area contributed by atoms with Crippen molar-refractivity contribution in [3.63, 3.8) is 0 Å². The molecule has 6 nitrogen and oxygen atoms in total. The standard InChI is InChI=1S/C17H22N2O4S/c1-4-10-18-17(20)14-8-9-15(23-3)16(12-14)24(21,22)19-11-6-5-7-13(19)2/h1,8-9,12-13H,5-7,10-11H2,2-3H3,(H,18,20). The van der Waals surface area contributed by atoms with Gasteiger partial charge in [-0.1, -0.05) is 12.3 Å². The Morgan fingerprint density at radius 1 is 1.46 bits per heavy atom. The van der Waals surface area contributed by atoms with Crippen LogP contribution in [0.15, 0.2) is 23.1 Å². The van der Waals surface area contributed by atoms with Crippen LogP contribution in [0.4, 0.5) is 0 Å². The van der Waals surface area contributed by atoms with E-state index in [2.05, 4.69) is 11.2 Å². The molecule has 0 aliphatic carbocycles. The van der Waals surface area contributed by atoms with E-state index in [9.17, 15) is 13.2 Å². The van der Waals surface area contributed by atoms with Crippen molar-refractivity contribution in [2.45, 2.75) is 37.1 Å². The van der Waals surface area contributed by atoms with Gasteiger partial charge in [-0.2, -0.15) is 4.31 Å². The Balaban J connectivity index is 2.43. The Bertz CT molecular complexity index is 752. The zero-order valence-electron chi connectivity index (χ0n) is 13.9. The van der Waals surface area contributed by atoms with Gasteiger partial charge in [-0.25, -0.2) is 8.42 Å². The lowest BCUT2D eigenvalue weighted by molar-refractivity contribution is 0.0958. The lowest BCUT2D eigenvalue weighted by atomic mass is 10.1. The van der Waals surface area contributed by atoms with Crippen LogP contribution in [-0.2, 0) is 10.0 Å². The first-order valence-electron chi connectivity index (χ1n) is 7.83. The highest BCUT2D eigenvalue weighted by molar-refractivity contribution is 7.89. The molecule has 2 rings (SSSR count). The summed E-state index contributed by atoms with van der Waals surface area (Å²) in [6.45, 7) is 2.45.